The first-order valence-corrected chi connectivity index (χ1v) is 29.4. The molecule has 5 aromatic carbocycles. The summed E-state index contributed by atoms with van der Waals surface area (Å²) in [5, 5.41) is 19.6. The number of nitrogens with zero attached hydrogens (tertiary/aromatic N) is 4. The highest BCUT2D eigenvalue weighted by atomic mass is 32.1. The summed E-state index contributed by atoms with van der Waals surface area (Å²) in [7, 11) is 1.50. The van der Waals surface area contributed by atoms with Crippen molar-refractivity contribution in [2.24, 2.45) is 11.3 Å². The number of hydrogen-bond donors (Lipinski definition) is 4. The van der Waals surface area contributed by atoms with Crippen LogP contribution in [0.15, 0.2) is 115 Å². The normalized spacial score (nSPS) is 16.2. The molecule has 0 spiro atoms. The number of aryl methyl sites for hydroxylation is 1. The Labute approximate surface area is 499 Å². The van der Waals surface area contributed by atoms with E-state index in [4.69, 9.17) is 28.4 Å². The number of anilines is 2. The van der Waals surface area contributed by atoms with E-state index >= 15 is 4.39 Å². The molecule has 5 amide bonds. The lowest BCUT2D eigenvalue weighted by Crippen LogP contribution is -2.55. The second-order valence-electron chi connectivity index (χ2n) is 21.7. The number of carbonyl (C=O) groups is 5. The van der Waals surface area contributed by atoms with Gasteiger partial charge in [-0.2, -0.15) is 0 Å². The van der Waals surface area contributed by atoms with E-state index in [9.17, 15) is 33.5 Å². The molecule has 0 radical (unpaired) electrons. The maximum atomic E-state index is 15.5. The summed E-state index contributed by atoms with van der Waals surface area (Å²) in [4.78, 5) is 80.8. The number of aromatic nitrogens is 2. The number of halogens is 2. The summed E-state index contributed by atoms with van der Waals surface area (Å²) < 4.78 is 64.6. The Hall–Kier alpha value is -8.57. The van der Waals surface area contributed by atoms with Gasteiger partial charge in [0.2, 0.25) is 23.6 Å². The Bertz CT molecular complexity index is 3620. The number of aliphatic hydroxyl groups is 1. The molecule has 450 valence electrons. The molecule has 3 aliphatic rings. The number of aliphatic hydroxyl groups excluding tert-OH is 1. The molecule has 4 N–H and O–H groups in total. The molecule has 0 bridgehead atoms. The van der Waals surface area contributed by atoms with E-state index in [2.05, 4.69) is 25.9 Å². The van der Waals surface area contributed by atoms with E-state index in [1.165, 1.54) is 65.9 Å². The quantitative estimate of drug-likeness (QED) is 0.0278. The van der Waals surface area contributed by atoms with Crippen molar-refractivity contribution in [2.75, 3.05) is 63.9 Å². The lowest BCUT2D eigenvalue weighted by atomic mass is 10.0. The molecule has 2 fully saturated rings. The molecule has 4 heterocycles. The summed E-state index contributed by atoms with van der Waals surface area (Å²) >= 11 is 1.52. The number of fused-ring (bicyclic) bond motifs is 2. The number of carbonyl (C=O) groups excluding carboxylic acids is 5. The standard InChI is InChI=1S/C64H67F2N7O12S/c1-38(2)57(73-35-42-9-5-6-10-47(42)60(73)76)61(77)72-36-46(74)31-51(72)59(75)68-34-41-12-11-40(58-39(3)69-37-86-58)29-54(41)83-25-7-23-81-27-28-82-24-8-26-84-56-33-50-48(32-55(56)80-4)52(19-22-67-50)85-53-18-17-45(30-49(53)66)71-63(79)64(20-21-64)62(78)70-44-15-13-43(65)14-16-44/h5-6,9-19,22,29-30,32-33,37-38,46,51,57,74H,7-8,20-21,23-28,31,34-36H2,1-4H3,(H,68,75)(H,70,78)(H,71,79)/t46-,51+,57+/m1/s1. The maximum Gasteiger partial charge on any atom is 0.255 e. The highest BCUT2D eigenvalue weighted by Gasteiger charge is 2.56. The zero-order valence-electron chi connectivity index (χ0n) is 48.1. The minimum atomic E-state index is -1.32. The van der Waals surface area contributed by atoms with Gasteiger partial charge in [-0.1, -0.05) is 44.2 Å². The van der Waals surface area contributed by atoms with Crippen LogP contribution in [0.1, 0.15) is 73.1 Å². The smallest absolute Gasteiger partial charge is 0.255 e. The van der Waals surface area contributed by atoms with Crippen molar-refractivity contribution in [1.82, 2.24) is 25.1 Å². The average Bonchev–Trinajstić information content (AvgIpc) is 1.68. The van der Waals surface area contributed by atoms with Crippen LogP contribution in [0.2, 0.25) is 0 Å². The topological polar surface area (TPSA) is 229 Å². The van der Waals surface area contributed by atoms with Gasteiger partial charge in [0.1, 0.15) is 34.8 Å². The van der Waals surface area contributed by atoms with Gasteiger partial charge in [-0.05, 0) is 97.5 Å². The van der Waals surface area contributed by atoms with Crippen LogP contribution < -0.4 is 34.9 Å². The molecule has 1 aliphatic carbocycles. The molecule has 10 rings (SSSR count). The first-order valence-electron chi connectivity index (χ1n) is 28.5. The number of pyridine rings is 1. The fourth-order valence-corrected chi connectivity index (χ4v) is 11.4. The molecule has 19 nitrogen and oxygen atoms in total. The summed E-state index contributed by atoms with van der Waals surface area (Å²) in [5.74, 6) is -1.99. The highest BCUT2D eigenvalue weighted by Crippen LogP contribution is 2.48. The number of hydrogen-bond acceptors (Lipinski definition) is 15. The number of benzene rings is 5. The average molecular weight is 1200 g/mol. The van der Waals surface area contributed by atoms with E-state index in [-0.39, 0.29) is 48.7 Å². The number of rotatable bonds is 27. The fraction of sp³-hybridized carbons (Fsp3) is 0.359. The second kappa shape index (κ2) is 27.2. The predicted octanol–water partition coefficient (Wildman–Crippen LogP) is 9.63. The SMILES string of the molecule is COc1cc2c(Oc3ccc(NC(=O)C4(C(=O)Nc5ccc(F)cc5)CC4)cc3F)ccnc2cc1OCCCOCCOCCCOc1cc(-c2scnc2C)ccc1CNC(=O)[C@@H]1C[C@@H](O)CN1C(=O)[C@H](C(C)C)N1Cc2ccccc2C1=O. The Morgan fingerprint density at radius 2 is 1.49 bits per heavy atom. The second-order valence-corrected chi connectivity index (χ2v) is 22.5. The molecular weight excluding hydrogens is 1130 g/mol. The van der Waals surface area contributed by atoms with Gasteiger partial charge in [0, 0.05) is 98.3 Å². The Balaban J connectivity index is 0.652. The monoisotopic (exact) mass is 1200 g/mol. The van der Waals surface area contributed by atoms with Gasteiger partial charge >= 0.3 is 0 Å². The van der Waals surface area contributed by atoms with Gasteiger partial charge in [0.25, 0.3) is 5.91 Å². The molecule has 22 heteroatoms. The van der Waals surface area contributed by atoms with E-state index in [1.807, 2.05) is 51.1 Å². The third kappa shape index (κ3) is 13.9. The molecule has 1 saturated carbocycles. The fourth-order valence-electron chi connectivity index (χ4n) is 10.6. The summed E-state index contributed by atoms with van der Waals surface area (Å²) in [6, 6.07) is 25.5. The van der Waals surface area contributed by atoms with Gasteiger partial charge in [0.15, 0.2) is 23.1 Å². The van der Waals surface area contributed by atoms with Crippen LogP contribution in [0.3, 0.4) is 0 Å². The highest BCUT2D eigenvalue weighted by molar-refractivity contribution is 7.13. The van der Waals surface area contributed by atoms with Crippen LogP contribution in [0, 0.1) is 29.9 Å². The lowest BCUT2D eigenvalue weighted by Gasteiger charge is -2.35. The number of methoxy groups -OCH3 is 1. The number of ether oxygens (including phenoxy) is 6. The lowest BCUT2D eigenvalue weighted by molar-refractivity contribution is -0.143. The number of nitrogens with one attached hydrogen (secondary N) is 3. The predicted molar refractivity (Wildman–Crippen MR) is 317 cm³/mol. The molecule has 2 aromatic heterocycles. The third-order valence-electron chi connectivity index (χ3n) is 15.3. The van der Waals surface area contributed by atoms with Gasteiger partial charge in [0.05, 0.1) is 61.2 Å². The van der Waals surface area contributed by atoms with Gasteiger partial charge in [-0.3, -0.25) is 29.0 Å². The third-order valence-corrected chi connectivity index (χ3v) is 16.3. The zero-order chi connectivity index (χ0) is 60.5. The van der Waals surface area contributed by atoms with Crippen molar-refractivity contribution in [2.45, 2.75) is 84.2 Å². The minimum absolute atomic E-state index is 0.0194. The number of amides is 5. The van der Waals surface area contributed by atoms with E-state index in [0.717, 1.165) is 33.3 Å². The molecule has 2 aliphatic heterocycles. The Morgan fingerprint density at radius 1 is 0.779 bits per heavy atom. The molecule has 86 heavy (non-hydrogen) atoms. The molecule has 7 aromatic rings. The van der Waals surface area contributed by atoms with Crippen molar-refractivity contribution < 1.29 is 66.3 Å². The number of β-amino-alcohol motifs (C(OH)–C–C–N with tert-alkyl or cyclic N) is 1. The van der Waals surface area contributed by atoms with Crippen molar-refractivity contribution in [3.63, 3.8) is 0 Å². The van der Waals surface area contributed by atoms with Gasteiger partial charge in [-0.15, -0.1) is 11.3 Å². The number of likely N-dealkylation sites (tertiary alicyclic amines) is 1. The molecular formula is C64H67F2N7O12S. The van der Waals surface area contributed by atoms with Gasteiger partial charge in [-0.25, -0.2) is 13.8 Å². The van der Waals surface area contributed by atoms with Crippen LogP contribution in [0.4, 0.5) is 20.2 Å². The van der Waals surface area contributed by atoms with Crippen LogP contribution in [-0.4, -0.2) is 126 Å². The largest absolute Gasteiger partial charge is 0.493 e. The maximum absolute atomic E-state index is 15.5. The molecule has 3 atom stereocenters. The first-order chi connectivity index (χ1) is 41.6. The Morgan fingerprint density at radius 3 is 2.16 bits per heavy atom. The van der Waals surface area contributed by atoms with Crippen molar-refractivity contribution in [1.29, 1.82) is 0 Å². The van der Waals surface area contributed by atoms with Crippen LogP contribution in [0.5, 0.6) is 28.7 Å². The van der Waals surface area contributed by atoms with Crippen LogP contribution in [-0.2, 0) is 41.7 Å². The van der Waals surface area contributed by atoms with Crippen molar-refractivity contribution in [3.8, 4) is 39.2 Å². The Kier molecular flexibility index (Phi) is 19.2. The number of thiazole rings is 1. The zero-order valence-corrected chi connectivity index (χ0v) is 48.9. The summed E-state index contributed by atoms with van der Waals surface area (Å²) in [6.45, 7) is 8.21. The minimum Gasteiger partial charge on any atom is -0.493 e. The van der Waals surface area contributed by atoms with Crippen LogP contribution in [0.25, 0.3) is 21.3 Å². The van der Waals surface area contributed by atoms with Crippen LogP contribution >= 0.6 is 11.3 Å². The summed E-state index contributed by atoms with van der Waals surface area (Å²) in [6.07, 6.45) is 2.43. The first kappa shape index (κ1) is 60.5. The van der Waals surface area contributed by atoms with E-state index in [1.54, 1.807) is 40.7 Å². The molecule has 0 unspecified atom stereocenters. The van der Waals surface area contributed by atoms with Gasteiger partial charge < -0.3 is 59.3 Å². The van der Waals surface area contributed by atoms with E-state index < -0.39 is 53.0 Å². The van der Waals surface area contributed by atoms with Crippen molar-refractivity contribution >= 4 is 63.2 Å². The van der Waals surface area contributed by atoms with E-state index in [0.29, 0.717) is 117 Å². The molecule has 1 saturated heterocycles. The summed E-state index contributed by atoms with van der Waals surface area (Å²) in [5.41, 5.74) is 5.39. The van der Waals surface area contributed by atoms with Crippen molar-refractivity contribution in [3.05, 3.63) is 149 Å².